The van der Waals surface area contributed by atoms with Gasteiger partial charge in [0.2, 0.25) is 0 Å². The van der Waals surface area contributed by atoms with Gasteiger partial charge in [0, 0.05) is 12.7 Å². The third kappa shape index (κ3) is 2.89. The monoisotopic (exact) mass is 219 g/mol. The van der Waals surface area contributed by atoms with E-state index in [1.807, 2.05) is 18.7 Å². The number of ketones is 1. The van der Waals surface area contributed by atoms with E-state index in [0.29, 0.717) is 0 Å². The van der Waals surface area contributed by atoms with Crippen LogP contribution in [0, 0.1) is 13.8 Å². The minimum absolute atomic E-state index is 0.167. The Hall–Kier alpha value is -1.71. The Morgan fingerprint density at radius 3 is 2.44 bits per heavy atom. The predicted octanol–water partition coefficient (Wildman–Crippen LogP) is 2.18. The lowest BCUT2D eigenvalue weighted by molar-refractivity contribution is -0.114. The van der Waals surface area contributed by atoms with Gasteiger partial charge in [-0.25, -0.2) is 4.98 Å². The van der Waals surface area contributed by atoms with Crippen molar-refractivity contribution >= 4 is 16.8 Å². The number of fused-ring (bicyclic) bond motifs is 1. The lowest BCUT2D eigenvalue weighted by atomic mass is 10.2. The summed E-state index contributed by atoms with van der Waals surface area (Å²) in [5.41, 5.74) is 4.36. The normalized spacial score (nSPS) is 9.81. The molecule has 0 aromatic carbocycles. The van der Waals surface area contributed by atoms with Crippen LogP contribution in [0.4, 0.5) is 0 Å². The van der Waals surface area contributed by atoms with E-state index in [0.717, 1.165) is 16.7 Å². The fraction of sp³-hybridized carbons (Fsp3) is 0.417. The summed E-state index contributed by atoms with van der Waals surface area (Å²) >= 11 is 0. The number of aryl methyl sites for hydroxylation is 3. The highest BCUT2D eigenvalue weighted by molar-refractivity contribution is 5.75. The number of hydrogen-bond donors (Lipinski definition) is 0. The molecular formula is C12H17N3O. The molecule has 16 heavy (non-hydrogen) atoms. The molecule has 0 spiro atoms. The van der Waals surface area contributed by atoms with Crippen molar-refractivity contribution in [3.8, 4) is 0 Å². The Bertz CT molecular complexity index is 510. The van der Waals surface area contributed by atoms with Crippen LogP contribution in [0.25, 0.3) is 11.0 Å². The van der Waals surface area contributed by atoms with Crippen molar-refractivity contribution in [1.29, 1.82) is 0 Å². The number of nitrogens with zero attached hydrogens (tertiary/aromatic N) is 3. The number of rotatable bonds is 0. The first-order valence-electron chi connectivity index (χ1n) is 5.15. The summed E-state index contributed by atoms with van der Waals surface area (Å²) in [4.78, 5) is 13.9. The Kier molecular flexibility index (Phi) is 3.77. The van der Waals surface area contributed by atoms with Crippen LogP contribution in [0.3, 0.4) is 0 Å². The lowest BCUT2D eigenvalue weighted by Gasteiger charge is -1.99. The van der Waals surface area contributed by atoms with Crippen molar-refractivity contribution < 1.29 is 4.79 Å². The molecular weight excluding hydrogens is 202 g/mol. The van der Waals surface area contributed by atoms with Gasteiger partial charge < -0.3 is 4.79 Å². The molecule has 0 atom stereocenters. The molecule has 0 N–H and O–H groups in total. The summed E-state index contributed by atoms with van der Waals surface area (Å²) in [6.45, 7) is 7.14. The summed E-state index contributed by atoms with van der Waals surface area (Å²) in [6, 6.07) is 2.12. The van der Waals surface area contributed by atoms with Crippen molar-refractivity contribution in [1.82, 2.24) is 14.8 Å². The van der Waals surface area contributed by atoms with E-state index < -0.39 is 0 Å². The third-order valence-corrected chi connectivity index (χ3v) is 2.18. The van der Waals surface area contributed by atoms with E-state index in [2.05, 4.69) is 23.1 Å². The van der Waals surface area contributed by atoms with Crippen LogP contribution in [0.2, 0.25) is 0 Å². The van der Waals surface area contributed by atoms with Crippen LogP contribution >= 0.6 is 0 Å². The van der Waals surface area contributed by atoms with Crippen LogP contribution < -0.4 is 0 Å². The summed E-state index contributed by atoms with van der Waals surface area (Å²) in [6.07, 6.45) is 1.79. The Balaban J connectivity index is 0.000000280. The maximum Gasteiger partial charge on any atom is 0.126 e. The third-order valence-electron chi connectivity index (χ3n) is 2.18. The first-order chi connectivity index (χ1) is 7.41. The molecule has 0 amide bonds. The molecule has 0 saturated heterocycles. The standard InChI is InChI=1S/C9H11N3.C3H6O/c1-6-4-9-8(11-7(6)2)5-10-12(9)3;1-3(2)4/h4-5H,1-3H3;1-2H3. The summed E-state index contributed by atoms with van der Waals surface area (Å²) < 4.78 is 1.84. The van der Waals surface area contributed by atoms with Gasteiger partial charge in [-0.3, -0.25) is 4.68 Å². The second-order valence-electron chi connectivity index (χ2n) is 3.97. The second kappa shape index (κ2) is 4.88. The van der Waals surface area contributed by atoms with Crippen molar-refractivity contribution in [3.05, 3.63) is 23.5 Å². The zero-order chi connectivity index (χ0) is 12.3. The van der Waals surface area contributed by atoms with Crippen LogP contribution in [-0.4, -0.2) is 20.5 Å². The highest BCUT2D eigenvalue weighted by Gasteiger charge is 2.02. The molecule has 4 heteroatoms. The summed E-state index contributed by atoms with van der Waals surface area (Å²) in [5.74, 6) is 0.167. The zero-order valence-corrected chi connectivity index (χ0v) is 10.4. The highest BCUT2D eigenvalue weighted by Crippen LogP contribution is 2.13. The van der Waals surface area contributed by atoms with Gasteiger partial charge in [-0.2, -0.15) is 5.10 Å². The minimum Gasteiger partial charge on any atom is -0.300 e. The largest absolute Gasteiger partial charge is 0.300 e. The van der Waals surface area contributed by atoms with Crippen LogP contribution in [0.5, 0.6) is 0 Å². The smallest absolute Gasteiger partial charge is 0.126 e. The maximum absolute atomic E-state index is 9.44. The number of pyridine rings is 1. The van der Waals surface area contributed by atoms with E-state index in [1.165, 1.54) is 19.4 Å². The fourth-order valence-electron chi connectivity index (χ4n) is 1.27. The van der Waals surface area contributed by atoms with E-state index in [1.54, 1.807) is 6.20 Å². The number of carbonyl (C=O) groups is 1. The highest BCUT2D eigenvalue weighted by atomic mass is 16.1. The number of aromatic nitrogens is 3. The Morgan fingerprint density at radius 1 is 1.31 bits per heavy atom. The van der Waals surface area contributed by atoms with Crippen LogP contribution in [0.15, 0.2) is 12.3 Å². The molecule has 86 valence electrons. The summed E-state index contributed by atoms with van der Waals surface area (Å²) in [7, 11) is 1.93. The van der Waals surface area contributed by atoms with Gasteiger partial charge in [0.1, 0.15) is 11.3 Å². The molecule has 4 nitrogen and oxygen atoms in total. The minimum atomic E-state index is 0.167. The topological polar surface area (TPSA) is 47.8 Å². The fourth-order valence-corrected chi connectivity index (χ4v) is 1.27. The predicted molar refractivity (Wildman–Crippen MR) is 64.3 cm³/mol. The van der Waals surface area contributed by atoms with Crippen LogP contribution in [0.1, 0.15) is 25.1 Å². The molecule has 0 saturated carbocycles. The SMILES string of the molecule is CC(C)=O.Cc1cc2c(cnn2C)nc1C. The molecule has 0 radical (unpaired) electrons. The first kappa shape index (κ1) is 12.4. The van der Waals surface area contributed by atoms with Gasteiger partial charge in [-0.05, 0) is 39.3 Å². The molecule has 0 aliphatic rings. The average molecular weight is 219 g/mol. The van der Waals surface area contributed by atoms with Gasteiger partial charge in [-0.15, -0.1) is 0 Å². The lowest BCUT2D eigenvalue weighted by Crippen LogP contribution is -1.91. The van der Waals surface area contributed by atoms with Gasteiger partial charge in [0.25, 0.3) is 0 Å². The second-order valence-corrected chi connectivity index (χ2v) is 3.97. The molecule has 2 rings (SSSR count). The van der Waals surface area contributed by atoms with Crippen LogP contribution in [-0.2, 0) is 11.8 Å². The average Bonchev–Trinajstić information content (AvgIpc) is 2.49. The molecule has 2 aromatic heterocycles. The van der Waals surface area contributed by atoms with E-state index in [9.17, 15) is 4.79 Å². The molecule has 2 heterocycles. The molecule has 0 bridgehead atoms. The maximum atomic E-state index is 9.44. The van der Waals surface area contributed by atoms with E-state index in [4.69, 9.17) is 0 Å². The van der Waals surface area contributed by atoms with Crippen molar-refractivity contribution in [3.63, 3.8) is 0 Å². The van der Waals surface area contributed by atoms with Crippen molar-refractivity contribution in [2.24, 2.45) is 7.05 Å². The molecule has 0 fully saturated rings. The molecule has 0 aliphatic carbocycles. The first-order valence-corrected chi connectivity index (χ1v) is 5.15. The molecule has 0 aliphatic heterocycles. The molecule has 2 aromatic rings. The Labute approximate surface area is 95.3 Å². The van der Waals surface area contributed by atoms with Gasteiger partial charge in [0.15, 0.2) is 0 Å². The molecule has 0 unspecified atom stereocenters. The van der Waals surface area contributed by atoms with E-state index >= 15 is 0 Å². The number of Topliss-reactive ketones (excluding diaryl/α,β-unsaturated/α-hetero) is 1. The van der Waals surface area contributed by atoms with Gasteiger partial charge in [0.05, 0.1) is 11.7 Å². The van der Waals surface area contributed by atoms with Gasteiger partial charge in [-0.1, -0.05) is 0 Å². The quantitative estimate of drug-likeness (QED) is 0.682. The Morgan fingerprint density at radius 2 is 1.88 bits per heavy atom. The van der Waals surface area contributed by atoms with Crippen molar-refractivity contribution in [2.45, 2.75) is 27.7 Å². The van der Waals surface area contributed by atoms with Gasteiger partial charge >= 0.3 is 0 Å². The number of hydrogen-bond acceptors (Lipinski definition) is 3. The van der Waals surface area contributed by atoms with E-state index in [-0.39, 0.29) is 5.78 Å². The number of carbonyl (C=O) groups excluding carboxylic acids is 1. The van der Waals surface area contributed by atoms with Crippen molar-refractivity contribution in [2.75, 3.05) is 0 Å². The zero-order valence-electron chi connectivity index (χ0n) is 10.4. The summed E-state index contributed by atoms with van der Waals surface area (Å²) in [5, 5.41) is 4.13.